The van der Waals surface area contributed by atoms with Crippen LogP contribution in [0.15, 0.2) is 16.8 Å². The van der Waals surface area contributed by atoms with Gasteiger partial charge in [-0.2, -0.15) is 0 Å². The minimum Gasteiger partial charge on any atom is -0.397 e. The van der Waals surface area contributed by atoms with E-state index in [1.807, 2.05) is 6.07 Å². The van der Waals surface area contributed by atoms with E-state index in [-0.39, 0.29) is 5.41 Å². The van der Waals surface area contributed by atoms with Crippen molar-refractivity contribution in [3.63, 3.8) is 0 Å². The molecule has 0 aliphatic rings. The van der Waals surface area contributed by atoms with Crippen molar-refractivity contribution in [3.8, 4) is 0 Å². The molecule has 2 aromatic rings. The zero-order valence-corrected chi connectivity index (χ0v) is 8.53. The molecule has 14 heavy (non-hydrogen) atoms. The van der Waals surface area contributed by atoms with E-state index < -0.39 is 0 Å². The smallest absolute Gasteiger partial charge is 0.258 e. The number of pyridine rings is 1. The van der Waals surface area contributed by atoms with Crippen molar-refractivity contribution in [3.05, 3.63) is 18.0 Å². The zero-order valence-electron chi connectivity index (χ0n) is 8.53. The van der Waals surface area contributed by atoms with Crippen LogP contribution in [0.2, 0.25) is 0 Å². The molecular weight excluding hydrogens is 178 g/mol. The Hall–Kier alpha value is -1.58. The number of rotatable bonds is 0. The first-order valence-corrected chi connectivity index (χ1v) is 4.50. The Morgan fingerprint density at radius 1 is 1.36 bits per heavy atom. The van der Waals surface area contributed by atoms with Crippen LogP contribution in [0, 0.1) is 0 Å². The highest BCUT2D eigenvalue weighted by Crippen LogP contribution is 2.28. The normalized spacial score (nSPS) is 12.2. The first-order valence-electron chi connectivity index (χ1n) is 4.50. The molecule has 74 valence electrons. The lowest BCUT2D eigenvalue weighted by atomic mass is 9.90. The Morgan fingerprint density at radius 3 is 2.71 bits per heavy atom. The number of nitrogens with two attached hydrogens (primary N) is 1. The van der Waals surface area contributed by atoms with Crippen molar-refractivity contribution in [2.75, 3.05) is 5.73 Å². The van der Waals surface area contributed by atoms with Gasteiger partial charge in [0.05, 0.1) is 23.0 Å². The Bertz CT molecular complexity index is 468. The molecule has 0 aliphatic heterocycles. The predicted molar refractivity (Wildman–Crippen MR) is 54.9 cm³/mol. The lowest BCUT2D eigenvalue weighted by molar-refractivity contribution is 0.414. The summed E-state index contributed by atoms with van der Waals surface area (Å²) in [5.41, 5.74) is 7.68. The maximum absolute atomic E-state index is 5.66. The highest BCUT2D eigenvalue weighted by molar-refractivity contribution is 5.79. The van der Waals surface area contributed by atoms with E-state index in [1.165, 1.54) is 0 Å². The molecule has 2 N–H and O–H groups in total. The summed E-state index contributed by atoms with van der Waals surface area (Å²) in [5, 5.41) is 4.92. The Morgan fingerprint density at radius 2 is 2.07 bits per heavy atom. The van der Waals surface area contributed by atoms with Gasteiger partial charge in [-0.1, -0.05) is 25.9 Å². The van der Waals surface area contributed by atoms with Crippen molar-refractivity contribution < 1.29 is 4.52 Å². The molecule has 0 radical (unpaired) electrons. The second-order valence-electron chi connectivity index (χ2n) is 4.40. The summed E-state index contributed by atoms with van der Waals surface area (Å²) in [6, 6.07) is 1.85. The number of fused-ring (bicyclic) bond motifs is 1. The molecule has 0 spiro atoms. The summed E-state index contributed by atoms with van der Waals surface area (Å²) in [6.07, 6.45) is 1.57. The van der Waals surface area contributed by atoms with Gasteiger partial charge in [-0.25, -0.2) is 4.98 Å². The van der Waals surface area contributed by atoms with E-state index >= 15 is 0 Å². The summed E-state index contributed by atoms with van der Waals surface area (Å²) in [4.78, 5) is 4.06. The summed E-state index contributed by atoms with van der Waals surface area (Å²) in [7, 11) is 0. The predicted octanol–water partition coefficient (Wildman–Crippen LogP) is 2.10. The fraction of sp³-hybridized carbons (Fsp3) is 0.400. The van der Waals surface area contributed by atoms with Crippen LogP contribution in [-0.4, -0.2) is 10.1 Å². The van der Waals surface area contributed by atoms with Crippen LogP contribution >= 0.6 is 0 Å². The minimum atomic E-state index is -0.0548. The molecule has 0 atom stereocenters. The van der Waals surface area contributed by atoms with E-state index in [4.69, 9.17) is 10.3 Å². The number of hydrogen-bond acceptors (Lipinski definition) is 4. The van der Waals surface area contributed by atoms with Gasteiger partial charge in [-0.05, 0) is 6.07 Å². The Balaban J connectivity index is 2.73. The molecule has 0 bridgehead atoms. The van der Waals surface area contributed by atoms with Gasteiger partial charge >= 0.3 is 0 Å². The number of nitrogens with zero attached hydrogens (tertiary/aromatic N) is 2. The number of anilines is 1. The average Bonchev–Trinajstić information content (AvgIpc) is 2.45. The van der Waals surface area contributed by atoms with Gasteiger partial charge in [0.25, 0.3) is 5.71 Å². The third kappa shape index (κ3) is 1.32. The van der Waals surface area contributed by atoms with Gasteiger partial charge in [0.2, 0.25) is 0 Å². The highest BCUT2D eigenvalue weighted by Gasteiger charge is 2.22. The Kier molecular flexibility index (Phi) is 1.74. The summed E-state index contributed by atoms with van der Waals surface area (Å²) < 4.78 is 5.11. The molecule has 0 saturated carbocycles. The standard InChI is InChI=1S/C10H13N3O/c1-10(2,3)8-7-4-6(11)5-12-9(7)14-13-8/h4-5H,11H2,1-3H3. The van der Waals surface area contributed by atoms with Crippen molar-refractivity contribution in [2.24, 2.45) is 0 Å². The highest BCUT2D eigenvalue weighted by atomic mass is 16.5. The van der Waals surface area contributed by atoms with Gasteiger partial charge in [0, 0.05) is 5.41 Å². The monoisotopic (exact) mass is 191 g/mol. The SMILES string of the molecule is CC(C)(C)c1noc2ncc(N)cc12. The summed E-state index contributed by atoms with van der Waals surface area (Å²) in [5.74, 6) is 0. The lowest BCUT2D eigenvalue weighted by Crippen LogP contribution is -2.11. The third-order valence-electron chi connectivity index (χ3n) is 2.06. The molecule has 0 aliphatic carbocycles. The minimum absolute atomic E-state index is 0.0548. The van der Waals surface area contributed by atoms with E-state index in [2.05, 4.69) is 30.9 Å². The second kappa shape index (κ2) is 2.70. The van der Waals surface area contributed by atoms with Crippen LogP contribution in [0.5, 0.6) is 0 Å². The molecule has 0 amide bonds. The third-order valence-corrected chi connectivity index (χ3v) is 2.06. The average molecular weight is 191 g/mol. The quantitative estimate of drug-likeness (QED) is 0.692. The zero-order chi connectivity index (χ0) is 10.3. The van der Waals surface area contributed by atoms with Crippen LogP contribution in [0.25, 0.3) is 11.1 Å². The molecule has 2 rings (SSSR count). The van der Waals surface area contributed by atoms with E-state index in [9.17, 15) is 0 Å². The maximum atomic E-state index is 5.66. The van der Waals surface area contributed by atoms with Gasteiger partial charge in [-0.15, -0.1) is 0 Å². The van der Waals surface area contributed by atoms with Gasteiger partial charge in [0.15, 0.2) is 0 Å². The van der Waals surface area contributed by atoms with Crippen molar-refractivity contribution in [2.45, 2.75) is 26.2 Å². The number of aromatic nitrogens is 2. The summed E-state index contributed by atoms with van der Waals surface area (Å²) >= 11 is 0. The number of nitrogen functional groups attached to an aromatic ring is 1. The van der Waals surface area contributed by atoms with Crippen LogP contribution in [0.4, 0.5) is 5.69 Å². The second-order valence-corrected chi connectivity index (χ2v) is 4.40. The van der Waals surface area contributed by atoms with Crippen molar-refractivity contribution >= 4 is 16.8 Å². The molecule has 2 heterocycles. The maximum Gasteiger partial charge on any atom is 0.258 e. The van der Waals surface area contributed by atoms with Crippen LogP contribution in [-0.2, 0) is 5.41 Å². The van der Waals surface area contributed by atoms with Crippen LogP contribution < -0.4 is 5.73 Å². The molecule has 0 aromatic carbocycles. The van der Waals surface area contributed by atoms with Gasteiger partial charge in [-0.3, -0.25) is 0 Å². The molecule has 4 heteroatoms. The van der Waals surface area contributed by atoms with Crippen molar-refractivity contribution in [1.29, 1.82) is 0 Å². The Labute approximate surface area is 82.1 Å². The first-order chi connectivity index (χ1) is 6.48. The van der Waals surface area contributed by atoms with E-state index in [1.54, 1.807) is 6.20 Å². The fourth-order valence-electron chi connectivity index (χ4n) is 1.39. The first kappa shape index (κ1) is 8.99. The largest absolute Gasteiger partial charge is 0.397 e. The molecule has 0 fully saturated rings. The van der Waals surface area contributed by atoms with E-state index in [0.29, 0.717) is 11.4 Å². The molecule has 0 saturated heterocycles. The van der Waals surface area contributed by atoms with E-state index in [0.717, 1.165) is 11.1 Å². The van der Waals surface area contributed by atoms with Crippen molar-refractivity contribution in [1.82, 2.24) is 10.1 Å². The van der Waals surface area contributed by atoms with Gasteiger partial charge < -0.3 is 10.3 Å². The topological polar surface area (TPSA) is 64.9 Å². The number of hydrogen-bond donors (Lipinski definition) is 1. The molecular formula is C10H13N3O. The lowest BCUT2D eigenvalue weighted by Gasteiger charge is -2.13. The summed E-state index contributed by atoms with van der Waals surface area (Å²) in [6.45, 7) is 6.23. The molecule has 2 aromatic heterocycles. The fourth-order valence-corrected chi connectivity index (χ4v) is 1.39. The van der Waals surface area contributed by atoms with Crippen LogP contribution in [0.1, 0.15) is 26.5 Å². The van der Waals surface area contributed by atoms with Crippen LogP contribution in [0.3, 0.4) is 0 Å². The van der Waals surface area contributed by atoms with Gasteiger partial charge in [0.1, 0.15) is 0 Å². The molecule has 4 nitrogen and oxygen atoms in total. The molecule has 0 unspecified atom stereocenters.